The van der Waals surface area contributed by atoms with Crippen LogP contribution >= 0.6 is 0 Å². The molecule has 0 saturated heterocycles. The fraction of sp³-hybridized carbons (Fsp3) is 0.462. The minimum Gasteiger partial charge on any atom is -0.475 e. The highest BCUT2D eigenvalue weighted by molar-refractivity contribution is 6.01. The minimum atomic E-state index is -0.583. The molecule has 1 saturated carbocycles. The summed E-state index contributed by atoms with van der Waals surface area (Å²) in [4.78, 5) is 12.1. The van der Waals surface area contributed by atoms with E-state index in [-0.39, 0.29) is 5.91 Å². The van der Waals surface area contributed by atoms with Gasteiger partial charge < -0.3 is 10.1 Å². The molecule has 1 aliphatic carbocycles. The average Bonchev–Trinajstić information content (AvgIpc) is 2.71. The molecule has 1 N–H and O–H groups in total. The molecule has 0 bridgehead atoms. The molecule has 3 heteroatoms. The molecule has 3 nitrogen and oxygen atoms in total. The van der Waals surface area contributed by atoms with Crippen LogP contribution in [0, 0.1) is 6.92 Å². The van der Waals surface area contributed by atoms with Crippen molar-refractivity contribution in [3.8, 4) is 5.75 Å². The molecule has 0 aromatic heterocycles. The molecular formula is C13H15NO2. The van der Waals surface area contributed by atoms with Crippen molar-refractivity contribution in [2.45, 2.75) is 38.2 Å². The lowest BCUT2D eigenvalue weighted by Crippen LogP contribution is -2.48. The second kappa shape index (κ2) is 3.24. The summed E-state index contributed by atoms with van der Waals surface area (Å²) in [7, 11) is 0. The van der Waals surface area contributed by atoms with Crippen LogP contribution in [0.1, 0.15) is 31.2 Å². The summed E-state index contributed by atoms with van der Waals surface area (Å²) in [6.45, 7) is 1.98. The summed E-state index contributed by atoms with van der Waals surface area (Å²) in [5.74, 6) is 0.855. The van der Waals surface area contributed by atoms with Gasteiger partial charge in [-0.1, -0.05) is 12.1 Å². The molecule has 84 valence electrons. The molecule has 0 radical (unpaired) electrons. The molecule has 1 heterocycles. The van der Waals surface area contributed by atoms with Crippen LogP contribution in [0.25, 0.3) is 0 Å². The predicted octanol–water partition coefficient (Wildman–Crippen LogP) is 2.64. The number of benzene rings is 1. The zero-order valence-corrected chi connectivity index (χ0v) is 9.38. The van der Waals surface area contributed by atoms with Crippen LogP contribution in [-0.4, -0.2) is 11.5 Å². The summed E-state index contributed by atoms with van der Waals surface area (Å²) < 4.78 is 5.96. The van der Waals surface area contributed by atoms with Crippen molar-refractivity contribution in [3.63, 3.8) is 0 Å². The molecule has 2 aliphatic rings. The molecule has 1 aromatic carbocycles. The fourth-order valence-corrected chi connectivity index (χ4v) is 2.65. The van der Waals surface area contributed by atoms with E-state index in [9.17, 15) is 4.79 Å². The number of rotatable bonds is 0. The molecular weight excluding hydrogens is 202 g/mol. The van der Waals surface area contributed by atoms with Crippen LogP contribution in [-0.2, 0) is 4.79 Å². The zero-order chi connectivity index (χ0) is 11.2. The van der Waals surface area contributed by atoms with E-state index in [1.54, 1.807) is 0 Å². The zero-order valence-electron chi connectivity index (χ0n) is 9.38. The maximum atomic E-state index is 12.1. The number of hydrogen-bond acceptors (Lipinski definition) is 2. The van der Waals surface area contributed by atoms with Crippen molar-refractivity contribution < 1.29 is 9.53 Å². The summed E-state index contributed by atoms with van der Waals surface area (Å²) in [5.41, 5.74) is 1.31. The Bertz CT molecular complexity index is 447. The van der Waals surface area contributed by atoms with E-state index >= 15 is 0 Å². The van der Waals surface area contributed by atoms with Gasteiger partial charge in [-0.2, -0.15) is 0 Å². The normalized spacial score (nSPS) is 21.4. The van der Waals surface area contributed by atoms with E-state index in [0.29, 0.717) is 0 Å². The Hall–Kier alpha value is -1.51. The Balaban J connectivity index is 2.05. The van der Waals surface area contributed by atoms with Gasteiger partial charge in [-0.3, -0.25) is 4.79 Å². The van der Waals surface area contributed by atoms with E-state index in [0.717, 1.165) is 42.7 Å². The minimum absolute atomic E-state index is 0.0341. The first-order valence-corrected chi connectivity index (χ1v) is 5.81. The number of anilines is 1. The van der Waals surface area contributed by atoms with Crippen LogP contribution in [0.5, 0.6) is 5.75 Å². The van der Waals surface area contributed by atoms with Crippen molar-refractivity contribution in [1.29, 1.82) is 0 Å². The number of fused-ring (bicyclic) bond motifs is 1. The van der Waals surface area contributed by atoms with Gasteiger partial charge in [0.05, 0.1) is 5.69 Å². The van der Waals surface area contributed by atoms with Crippen LogP contribution in [0.2, 0.25) is 0 Å². The maximum Gasteiger partial charge on any atom is 0.268 e. The first kappa shape index (κ1) is 9.70. The molecule has 1 fully saturated rings. The van der Waals surface area contributed by atoms with Gasteiger partial charge in [-0.15, -0.1) is 0 Å². The quantitative estimate of drug-likeness (QED) is 0.725. The van der Waals surface area contributed by atoms with Gasteiger partial charge >= 0.3 is 0 Å². The van der Waals surface area contributed by atoms with Crippen molar-refractivity contribution in [3.05, 3.63) is 23.8 Å². The second-order valence-corrected chi connectivity index (χ2v) is 4.71. The van der Waals surface area contributed by atoms with E-state index in [4.69, 9.17) is 4.74 Å². The van der Waals surface area contributed by atoms with Gasteiger partial charge in [0.25, 0.3) is 5.91 Å². The molecule has 3 rings (SSSR count). The predicted molar refractivity (Wildman–Crippen MR) is 61.6 cm³/mol. The standard InChI is InChI=1S/C13H15NO2/c1-9-5-4-6-10-11(9)14-12(15)13(16-10)7-2-3-8-13/h4-6H,2-3,7-8H2,1H3,(H,14,15). The lowest BCUT2D eigenvalue weighted by atomic mass is 9.98. The van der Waals surface area contributed by atoms with E-state index in [1.807, 2.05) is 25.1 Å². The smallest absolute Gasteiger partial charge is 0.268 e. The van der Waals surface area contributed by atoms with E-state index in [1.165, 1.54) is 0 Å². The van der Waals surface area contributed by atoms with Crippen LogP contribution in [0.3, 0.4) is 0 Å². The SMILES string of the molecule is Cc1cccc2c1NC(=O)C1(CCCC1)O2. The highest BCUT2D eigenvalue weighted by atomic mass is 16.5. The third-order valence-corrected chi connectivity index (χ3v) is 3.60. The summed E-state index contributed by atoms with van der Waals surface area (Å²) >= 11 is 0. The van der Waals surface area contributed by atoms with Gasteiger partial charge in [0, 0.05) is 0 Å². The van der Waals surface area contributed by atoms with Gasteiger partial charge in [0.2, 0.25) is 0 Å². The Morgan fingerprint density at radius 3 is 2.81 bits per heavy atom. The topological polar surface area (TPSA) is 38.3 Å². The van der Waals surface area contributed by atoms with Gasteiger partial charge in [0.1, 0.15) is 5.75 Å². The number of carbonyl (C=O) groups is 1. The number of para-hydroxylation sites is 1. The van der Waals surface area contributed by atoms with Crippen molar-refractivity contribution in [2.75, 3.05) is 5.32 Å². The highest BCUT2D eigenvalue weighted by Gasteiger charge is 2.46. The number of nitrogens with one attached hydrogen (secondary N) is 1. The van der Waals surface area contributed by atoms with Crippen molar-refractivity contribution in [2.24, 2.45) is 0 Å². The summed E-state index contributed by atoms with van der Waals surface area (Å²) in [5, 5.41) is 3.00. The van der Waals surface area contributed by atoms with Crippen LogP contribution < -0.4 is 10.1 Å². The lowest BCUT2D eigenvalue weighted by molar-refractivity contribution is -0.131. The number of hydrogen-bond donors (Lipinski definition) is 1. The maximum absolute atomic E-state index is 12.1. The molecule has 1 aromatic rings. The molecule has 0 unspecified atom stereocenters. The lowest BCUT2D eigenvalue weighted by Gasteiger charge is -2.34. The monoisotopic (exact) mass is 217 g/mol. The first-order chi connectivity index (χ1) is 7.71. The van der Waals surface area contributed by atoms with Crippen LogP contribution in [0.4, 0.5) is 5.69 Å². The number of aryl methyl sites for hydroxylation is 1. The number of ether oxygens (including phenoxy) is 1. The Labute approximate surface area is 94.8 Å². The van der Waals surface area contributed by atoms with Gasteiger partial charge in [0.15, 0.2) is 5.60 Å². The first-order valence-electron chi connectivity index (χ1n) is 5.81. The van der Waals surface area contributed by atoms with E-state index in [2.05, 4.69) is 5.32 Å². The molecule has 1 spiro atoms. The number of carbonyl (C=O) groups excluding carboxylic acids is 1. The Kier molecular flexibility index (Phi) is 1.96. The molecule has 1 amide bonds. The summed E-state index contributed by atoms with van der Waals surface area (Å²) in [6, 6.07) is 5.88. The van der Waals surface area contributed by atoms with Gasteiger partial charge in [-0.25, -0.2) is 0 Å². The van der Waals surface area contributed by atoms with Crippen molar-refractivity contribution in [1.82, 2.24) is 0 Å². The second-order valence-electron chi connectivity index (χ2n) is 4.71. The third kappa shape index (κ3) is 1.24. The molecule has 0 atom stereocenters. The van der Waals surface area contributed by atoms with Crippen molar-refractivity contribution >= 4 is 11.6 Å². The third-order valence-electron chi connectivity index (χ3n) is 3.60. The Morgan fingerprint density at radius 1 is 1.31 bits per heavy atom. The van der Waals surface area contributed by atoms with E-state index < -0.39 is 5.60 Å². The van der Waals surface area contributed by atoms with Crippen LogP contribution in [0.15, 0.2) is 18.2 Å². The molecule has 1 aliphatic heterocycles. The van der Waals surface area contributed by atoms with Gasteiger partial charge in [-0.05, 0) is 44.2 Å². The summed E-state index contributed by atoms with van der Waals surface area (Å²) in [6.07, 6.45) is 3.83. The Morgan fingerprint density at radius 2 is 2.06 bits per heavy atom. The highest BCUT2D eigenvalue weighted by Crippen LogP contribution is 2.42. The molecule has 16 heavy (non-hydrogen) atoms. The fourth-order valence-electron chi connectivity index (χ4n) is 2.65. The average molecular weight is 217 g/mol. The largest absolute Gasteiger partial charge is 0.475 e. The number of amides is 1.